The SMILES string of the molecule is O=C(Cc1nc2ccccc2[nH]1)N[C@@H]1CCOC[C@H]1OCc1cscn1. The highest BCUT2D eigenvalue weighted by Crippen LogP contribution is 2.15. The lowest BCUT2D eigenvalue weighted by Gasteiger charge is -2.31. The maximum atomic E-state index is 12.5. The summed E-state index contributed by atoms with van der Waals surface area (Å²) in [5.41, 5.74) is 4.48. The number of nitrogens with one attached hydrogen (secondary N) is 2. The number of benzene rings is 1. The van der Waals surface area contributed by atoms with Crippen molar-refractivity contribution in [3.63, 3.8) is 0 Å². The zero-order valence-electron chi connectivity index (χ0n) is 14.2. The van der Waals surface area contributed by atoms with Crippen LogP contribution in [0.3, 0.4) is 0 Å². The molecular formula is C18H20N4O3S. The zero-order valence-corrected chi connectivity index (χ0v) is 15.0. The average Bonchev–Trinajstić information content (AvgIpc) is 3.29. The molecule has 0 unspecified atom stereocenters. The van der Waals surface area contributed by atoms with Crippen LogP contribution in [0.15, 0.2) is 35.2 Å². The minimum atomic E-state index is -0.176. The number of aromatic amines is 1. The maximum absolute atomic E-state index is 12.5. The van der Waals surface area contributed by atoms with E-state index in [-0.39, 0.29) is 24.5 Å². The van der Waals surface area contributed by atoms with E-state index in [1.165, 1.54) is 11.3 Å². The second-order valence-corrected chi connectivity index (χ2v) is 6.96. The fourth-order valence-corrected chi connectivity index (χ4v) is 3.58. The van der Waals surface area contributed by atoms with E-state index in [1.807, 2.05) is 29.6 Å². The van der Waals surface area contributed by atoms with E-state index < -0.39 is 0 Å². The lowest BCUT2D eigenvalue weighted by molar-refractivity contribution is -0.126. The second-order valence-electron chi connectivity index (χ2n) is 6.24. The number of para-hydroxylation sites is 2. The summed E-state index contributed by atoms with van der Waals surface area (Å²) in [5, 5.41) is 5.03. The Morgan fingerprint density at radius 1 is 1.42 bits per heavy atom. The van der Waals surface area contributed by atoms with Crippen LogP contribution in [0.5, 0.6) is 0 Å². The van der Waals surface area contributed by atoms with Crippen LogP contribution in [0.25, 0.3) is 11.0 Å². The summed E-state index contributed by atoms with van der Waals surface area (Å²) in [5.74, 6) is 0.592. The van der Waals surface area contributed by atoms with Crippen LogP contribution < -0.4 is 5.32 Å². The molecule has 0 spiro atoms. The summed E-state index contributed by atoms with van der Waals surface area (Å²) in [4.78, 5) is 24.3. The summed E-state index contributed by atoms with van der Waals surface area (Å²) in [6.07, 6.45) is 0.767. The molecule has 3 heterocycles. The third-order valence-electron chi connectivity index (χ3n) is 4.35. The fraction of sp³-hybridized carbons (Fsp3) is 0.389. The van der Waals surface area contributed by atoms with Crippen molar-refractivity contribution in [1.82, 2.24) is 20.3 Å². The Kier molecular flexibility index (Phi) is 5.24. The number of ether oxygens (including phenoxy) is 2. The maximum Gasteiger partial charge on any atom is 0.227 e. The highest BCUT2D eigenvalue weighted by Gasteiger charge is 2.28. The van der Waals surface area contributed by atoms with E-state index in [2.05, 4.69) is 20.3 Å². The molecule has 0 bridgehead atoms. The Balaban J connectivity index is 1.35. The largest absolute Gasteiger partial charge is 0.379 e. The molecule has 3 aromatic rings. The van der Waals surface area contributed by atoms with E-state index >= 15 is 0 Å². The van der Waals surface area contributed by atoms with Gasteiger partial charge in [0.25, 0.3) is 0 Å². The van der Waals surface area contributed by atoms with Crippen LogP contribution in [-0.2, 0) is 27.3 Å². The van der Waals surface area contributed by atoms with Crippen molar-refractivity contribution in [2.75, 3.05) is 13.2 Å². The number of hydrogen-bond donors (Lipinski definition) is 2. The average molecular weight is 372 g/mol. The van der Waals surface area contributed by atoms with Crippen molar-refractivity contribution in [1.29, 1.82) is 0 Å². The zero-order chi connectivity index (χ0) is 17.8. The van der Waals surface area contributed by atoms with E-state index in [9.17, 15) is 4.79 Å². The summed E-state index contributed by atoms with van der Waals surface area (Å²) in [7, 11) is 0. The highest BCUT2D eigenvalue weighted by molar-refractivity contribution is 7.07. The molecule has 2 N–H and O–H groups in total. The molecule has 7 nitrogen and oxygen atoms in total. The van der Waals surface area contributed by atoms with Crippen LogP contribution in [-0.4, -0.2) is 46.2 Å². The second kappa shape index (κ2) is 7.94. The summed E-state index contributed by atoms with van der Waals surface area (Å²) < 4.78 is 11.4. The normalized spacial score (nSPS) is 20.3. The molecule has 0 saturated carbocycles. The summed E-state index contributed by atoms with van der Waals surface area (Å²) >= 11 is 1.54. The minimum absolute atomic E-state index is 0.0701. The fourth-order valence-electron chi connectivity index (χ4n) is 3.04. The van der Waals surface area contributed by atoms with Gasteiger partial charge in [-0.25, -0.2) is 9.97 Å². The lowest BCUT2D eigenvalue weighted by Crippen LogP contribution is -2.50. The van der Waals surface area contributed by atoms with Gasteiger partial charge in [-0.1, -0.05) is 12.1 Å². The van der Waals surface area contributed by atoms with Gasteiger partial charge in [0.15, 0.2) is 0 Å². The van der Waals surface area contributed by atoms with Gasteiger partial charge in [-0.05, 0) is 18.6 Å². The first-order valence-corrected chi connectivity index (χ1v) is 9.51. The quantitative estimate of drug-likeness (QED) is 0.691. The molecule has 1 saturated heterocycles. The van der Waals surface area contributed by atoms with Gasteiger partial charge < -0.3 is 19.8 Å². The van der Waals surface area contributed by atoms with Crippen LogP contribution >= 0.6 is 11.3 Å². The van der Waals surface area contributed by atoms with Gasteiger partial charge in [-0.3, -0.25) is 4.79 Å². The Bertz CT molecular complexity index is 831. The van der Waals surface area contributed by atoms with Gasteiger partial charge in [0.05, 0.1) is 47.9 Å². The Labute approximate surface area is 154 Å². The number of amides is 1. The molecule has 8 heteroatoms. The van der Waals surface area contributed by atoms with Gasteiger partial charge in [0.2, 0.25) is 5.91 Å². The first-order chi connectivity index (χ1) is 12.8. The van der Waals surface area contributed by atoms with Gasteiger partial charge >= 0.3 is 0 Å². The molecule has 1 aliphatic rings. The molecule has 2 atom stereocenters. The number of rotatable bonds is 6. The Morgan fingerprint density at radius 3 is 3.19 bits per heavy atom. The van der Waals surface area contributed by atoms with E-state index in [4.69, 9.17) is 9.47 Å². The number of nitrogens with zero attached hydrogens (tertiary/aromatic N) is 2. The predicted octanol–water partition coefficient (Wildman–Crippen LogP) is 2.05. The molecule has 0 radical (unpaired) electrons. The molecule has 26 heavy (non-hydrogen) atoms. The first kappa shape index (κ1) is 17.1. The van der Waals surface area contributed by atoms with E-state index in [0.717, 1.165) is 23.1 Å². The number of carbonyl (C=O) groups is 1. The highest BCUT2D eigenvalue weighted by atomic mass is 32.1. The summed E-state index contributed by atoms with van der Waals surface area (Å²) in [6, 6.07) is 7.67. The Morgan fingerprint density at radius 2 is 2.35 bits per heavy atom. The molecule has 1 aliphatic heterocycles. The Hall–Kier alpha value is -2.29. The number of carbonyl (C=O) groups excluding carboxylic acids is 1. The third kappa shape index (κ3) is 4.09. The molecule has 1 aromatic carbocycles. The van der Waals surface area contributed by atoms with Gasteiger partial charge in [-0.15, -0.1) is 11.3 Å². The molecule has 136 valence electrons. The molecular weight excluding hydrogens is 352 g/mol. The van der Waals surface area contributed by atoms with Gasteiger partial charge in [0.1, 0.15) is 11.9 Å². The van der Waals surface area contributed by atoms with Gasteiger partial charge in [0, 0.05) is 12.0 Å². The number of thiazole rings is 1. The third-order valence-corrected chi connectivity index (χ3v) is 4.98. The smallest absolute Gasteiger partial charge is 0.227 e. The van der Waals surface area contributed by atoms with Crippen molar-refractivity contribution >= 4 is 28.3 Å². The number of aromatic nitrogens is 3. The molecule has 0 aliphatic carbocycles. The van der Waals surface area contributed by atoms with Crippen LogP contribution in [0.1, 0.15) is 17.9 Å². The first-order valence-electron chi connectivity index (χ1n) is 8.57. The summed E-state index contributed by atoms with van der Waals surface area (Å²) in [6.45, 7) is 1.51. The number of imidazole rings is 1. The van der Waals surface area contributed by atoms with Crippen molar-refractivity contribution in [2.24, 2.45) is 0 Å². The van der Waals surface area contributed by atoms with E-state index in [0.29, 0.717) is 25.6 Å². The lowest BCUT2D eigenvalue weighted by atomic mass is 10.1. The predicted molar refractivity (Wildman–Crippen MR) is 97.9 cm³/mol. The molecule has 1 fully saturated rings. The van der Waals surface area contributed by atoms with Crippen molar-refractivity contribution in [3.05, 3.63) is 46.7 Å². The number of H-pyrrole nitrogens is 1. The topological polar surface area (TPSA) is 89.1 Å². The minimum Gasteiger partial charge on any atom is -0.379 e. The standard InChI is InChI=1S/C18H20N4O3S/c23-18(7-17-20-13-3-1-2-4-14(13)21-17)22-15-5-6-24-9-16(15)25-8-12-10-26-11-19-12/h1-4,10-11,15-16H,5-9H2,(H,20,21)(H,22,23)/t15-,16-/m1/s1. The number of hydrogen-bond acceptors (Lipinski definition) is 6. The van der Waals surface area contributed by atoms with Gasteiger partial charge in [-0.2, -0.15) is 0 Å². The molecule has 2 aromatic heterocycles. The van der Waals surface area contributed by atoms with Crippen molar-refractivity contribution < 1.29 is 14.3 Å². The number of fused-ring (bicyclic) bond motifs is 1. The van der Waals surface area contributed by atoms with E-state index in [1.54, 1.807) is 5.51 Å². The molecule has 1 amide bonds. The monoisotopic (exact) mass is 372 g/mol. The van der Waals surface area contributed by atoms with Crippen LogP contribution in [0, 0.1) is 0 Å². The molecule has 4 rings (SSSR count). The van der Waals surface area contributed by atoms with Crippen LogP contribution in [0.2, 0.25) is 0 Å². The van der Waals surface area contributed by atoms with Crippen molar-refractivity contribution in [3.8, 4) is 0 Å². The van der Waals surface area contributed by atoms with Crippen molar-refractivity contribution in [2.45, 2.75) is 31.6 Å². The van der Waals surface area contributed by atoms with Crippen LogP contribution in [0.4, 0.5) is 0 Å².